The fourth-order valence-corrected chi connectivity index (χ4v) is 3.38. The molecule has 0 aliphatic carbocycles. The van der Waals surface area contributed by atoms with Gasteiger partial charge in [0.25, 0.3) is 0 Å². The van der Waals surface area contributed by atoms with Gasteiger partial charge in [0.1, 0.15) is 5.82 Å². The predicted octanol–water partition coefficient (Wildman–Crippen LogP) is 1.16. The lowest BCUT2D eigenvalue weighted by Gasteiger charge is -2.23. The summed E-state index contributed by atoms with van der Waals surface area (Å²) in [5.41, 5.74) is 0.333. The van der Waals surface area contributed by atoms with E-state index in [-0.39, 0.29) is 10.9 Å². The SMILES string of the molecule is Cc1cc(S(=O)(=O)NC2CCCNC2)ccc1F. The zero-order valence-corrected chi connectivity index (χ0v) is 11.1. The van der Waals surface area contributed by atoms with Gasteiger partial charge >= 0.3 is 0 Å². The van der Waals surface area contributed by atoms with Gasteiger partial charge in [-0.2, -0.15) is 0 Å². The maximum Gasteiger partial charge on any atom is 0.240 e. The van der Waals surface area contributed by atoms with Crippen molar-refractivity contribution in [3.05, 3.63) is 29.6 Å². The molecular formula is C12H17FN2O2S. The number of hydrogen-bond donors (Lipinski definition) is 2. The molecule has 1 aromatic carbocycles. The normalized spacial score (nSPS) is 20.9. The summed E-state index contributed by atoms with van der Waals surface area (Å²) in [6, 6.07) is 3.74. The summed E-state index contributed by atoms with van der Waals surface area (Å²) in [6.45, 7) is 3.11. The van der Waals surface area contributed by atoms with Gasteiger partial charge in [-0.3, -0.25) is 0 Å². The molecule has 1 unspecified atom stereocenters. The van der Waals surface area contributed by atoms with E-state index in [9.17, 15) is 12.8 Å². The Morgan fingerprint density at radius 2 is 2.22 bits per heavy atom. The average Bonchev–Trinajstić information content (AvgIpc) is 2.33. The number of nitrogens with one attached hydrogen (secondary N) is 2. The van der Waals surface area contributed by atoms with Crippen LogP contribution in [0.4, 0.5) is 4.39 Å². The Morgan fingerprint density at radius 1 is 1.44 bits per heavy atom. The van der Waals surface area contributed by atoms with Crippen molar-refractivity contribution in [1.82, 2.24) is 10.0 Å². The van der Waals surface area contributed by atoms with E-state index < -0.39 is 15.8 Å². The molecule has 6 heteroatoms. The van der Waals surface area contributed by atoms with Crippen LogP contribution in [-0.2, 0) is 10.0 Å². The molecule has 2 N–H and O–H groups in total. The van der Waals surface area contributed by atoms with E-state index in [4.69, 9.17) is 0 Å². The molecule has 1 aliphatic heterocycles. The smallest absolute Gasteiger partial charge is 0.240 e. The van der Waals surface area contributed by atoms with Crippen LogP contribution in [0.25, 0.3) is 0 Å². The van der Waals surface area contributed by atoms with Crippen molar-refractivity contribution in [3.63, 3.8) is 0 Å². The summed E-state index contributed by atoms with van der Waals surface area (Å²) in [6.07, 6.45) is 1.78. The quantitative estimate of drug-likeness (QED) is 0.868. The van der Waals surface area contributed by atoms with Gasteiger partial charge in [-0.1, -0.05) is 0 Å². The van der Waals surface area contributed by atoms with Crippen LogP contribution in [0.2, 0.25) is 0 Å². The molecule has 4 nitrogen and oxygen atoms in total. The number of benzene rings is 1. The third kappa shape index (κ3) is 3.07. The van der Waals surface area contributed by atoms with Crippen molar-refractivity contribution in [2.24, 2.45) is 0 Å². The van der Waals surface area contributed by atoms with Crippen molar-refractivity contribution in [3.8, 4) is 0 Å². The van der Waals surface area contributed by atoms with Gasteiger partial charge in [0.05, 0.1) is 4.90 Å². The van der Waals surface area contributed by atoms with Gasteiger partial charge in [0.2, 0.25) is 10.0 Å². The highest BCUT2D eigenvalue weighted by Gasteiger charge is 2.22. The maximum absolute atomic E-state index is 13.1. The summed E-state index contributed by atoms with van der Waals surface area (Å²) in [5, 5.41) is 3.14. The van der Waals surface area contributed by atoms with Crippen LogP contribution in [0.3, 0.4) is 0 Å². The summed E-state index contributed by atoms with van der Waals surface area (Å²) < 4.78 is 40.0. The minimum absolute atomic E-state index is 0.0888. The Labute approximate surface area is 107 Å². The standard InChI is InChI=1S/C12H17FN2O2S/c1-9-7-11(4-5-12(9)13)18(16,17)15-10-3-2-6-14-8-10/h4-5,7,10,14-15H,2-3,6,8H2,1H3. The van der Waals surface area contributed by atoms with Gasteiger partial charge in [0.15, 0.2) is 0 Å². The summed E-state index contributed by atoms with van der Waals surface area (Å²) >= 11 is 0. The third-order valence-electron chi connectivity index (χ3n) is 3.06. The lowest BCUT2D eigenvalue weighted by atomic mass is 10.1. The van der Waals surface area contributed by atoms with E-state index in [1.165, 1.54) is 18.2 Å². The molecule has 0 radical (unpaired) electrons. The molecule has 1 aliphatic rings. The topological polar surface area (TPSA) is 58.2 Å². The van der Waals surface area contributed by atoms with E-state index in [1.54, 1.807) is 6.92 Å². The minimum Gasteiger partial charge on any atom is -0.315 e. The molecule has 1 fully saturated rings. The summed E-state index contributed by atoms with van der Waals surface area (Å²) in [4.78, 5) is 0.118. The largest absolute Gasteiger partial charge is 0.315 e. The van der Waals surface area contributed by atoms with Crippen LogP contribution >= 0.6 is 0 Å². The Balaban J connectivity index is 2.16. The molecule has 0 spiro atoms. The monoisotopic (exact) mass is 272 g/mol. The lowest BCUT2D eigenvalue weighted by Crippen LogP contribution is -2.45. The molecule has 100 valence electrons. The van der Waals surface area contributed by atoms with Crippen LogP contribution in [-0.4, -0.2) is 27.5 Å². The fourth-order valence-electron chi connectivity index (χ4n) is 2.02. The average molecular weight is 272 g/mol. The molecule has 1 aromatic rings. The van der Waals surface area contributed by atoms with Crippen LogP contribution in [0.15, 0.2) is 23.1 Å². The van der Waals surface area contributed by atoms with Gasteiger partial charge in [-0.15, -0.1) is 0 Å². The highest BCUT2D eigenvalue weighted by atomic mass is 32.2. The van der Waals surface area contributed by atoms with Gasteiger partial charge in [-0.05, 0) is 50.1 Å². The van der Waals surface area contributed by atoms with Gasteiger partial charge in [-0.25, -0.2) is 17.5 Å². The third-order valence-corrected chi connectivity index (χ3v) is 4.58. The van der Waals surface area contributed by atoms with Crippen molar-refractivity contribution in [2.45, 2.75) is 30.7 Å². The highest BCUT2D eigenvalue weighted by molar-refractivity contribution is 7.89. The molecule has 1 atom stereocenters. The molecule has 0 amide bonds. The molecule has 1 saturated heterocycles. The summed E-state index contributed by atoms with van der Waals surface area (Å²) in [7, 11) is -3.56. The van der Waals surface area contributed by atoms with E-state index >= 15 is 0 Å². The second kappa shape index (κ2) is 5.34. The van der Waals surface area contributed by atoms with Crippen LogP contribution in [0.5, 0.6) is 0 Å². The van der Waals surface area contributed by atoms with Crippen molar-refractivity contribution in [1.29, 1.82) is 0 Å². The second-order valence-corrected chi connectivity index (χ2v) is 6.29. The predicted molar refractivity (Wildman–Crippen MR) is 67.4 cm³/mol. The fraction of sp³-hybridized carbons (Fsp3) is 0.500. The first-order valence-electron chi connectivity index (χ1n) is 5.98. The van der Waals surface area contributed by atoms with Crippen molar-refractivity contribution >= 4 is 10.0 Å². The first kappa shape index (κ1) is 13.5. The Hall–Kier alpha value is -0.980. The minimum atomic E-state index is -3.56. The summed E-state index contributed by atoms with van der Waals surface area (Å²) in [5.74, 6) is -0.395. The number of halogens is 1. The highest BCUT2D eigenvalue weighted by Crippen LogP contribution is 2.15. The first-order valence-corrected chi connectivity index (χ1v) is 7.46. The molecule has 1 heterocycles. The molecule has 0 saturated carbocycles. The van der Waals surface area contributed by atoms with Gasteiger partial charge < -0.3 is 5.32 Å². The number of rotatable bonds is 3. The maximum atomic E-state index is 13.1. The molecule has 2 rings (SSSR count). The van der Waals surface area contributed by atoms with Crippen LogP contribution in [0, 0.1) is 12.7 Å². The Bertz CT molecular complexity index is 525. The van der Waals surface area contributed by atoms with E-state index in [2.05, 4.69) is 10.0 Å². The Morgan fingerprint density at radius 3 is 2.83 bits per heavy atom. The molecule has 18 heavy (non-hydrogen) atoms. The van der Waals surface area contributed by atoms with Gasteiger partial charge in [0, 0.05) is 12.6 Å². The van der Waals surface area contributed by atoms with Crippen LogP contribution < -0.4 is 10.0 Å². The molecule has 0 aromatic heterocycles. The zero-order valence-electron chi connectivity index (χ0n) is 10.2. The zero-order chi connectivity index (χ0) is 13.2. The first-order chi connectivity index (χ1) is 8.49. The second-order valence-electron chi connectivity index (χ2n) is 4.58. The van der Waals surface area contributed by atoms with Crippen LogP contribution in [0.1, 0.15) is 18.4 Å². The molecule has 0 bridgehead atoms. The number of hydrogen-bond acceptors (Lipinski definition) is 3. The number of sulfonamides is 1. The number of aryl methyl sites for hydroxylation is 1. The van der Waals surface area contributed by atoms with E-state index in [0.717, 1.165) is 19.4 Å². The lowest BCUT2D eigenvalue weighted by molar-refractivity contribution is 0.428. The van der Waals surface area contributed by atoms with Crippen molar-refractivity contribution in [2.75, 3.05) is 13.1 Å². The number of piperidine rings is 1. The Kier molecular flexibility index (Phi) is 3.99. The van der Waals surface area contributed by atoms with E-state index in [1.807, 2.05) is 0 Å². The van der Waals surface area contributed by atoms with E-state index in [0.29, 0.717) is 12.1 Å². The van der Waals surface area contributed by atoms with Crippen molar-refractivity contribution < 1.29 is 12.8 Å². The molecular weight excluding hydrogens is 255 g/mol.